The van der Waals surface area contributed by atoms with Crippen LogP contribution < -0.4 is 11.3 Å². The van der Waals surface area contributed by atoms with Crippen LogP contribution in [0.25, 0.3) is 0 Å². The molecule has 1 aliphatic rings. The number of carbonyl (C=O) groups is 1. The van der Waals surface area contributed by atoms with Crippen LogP contribution in [0.15, 0.2) is 18.3 Å². The smallest absolute Gasteiger partial charge is 0.254 e. The average molecular weight is 266 g/mol. The standard InChI is InChI=1S/C12H18N4O3/c1-18-9-6-16(7-10(9)19-2)12(17)8-3-4-14-11(5-8)15-13/h3-5,9-10H,6-7,13H2,1-2H3,(H,14,15). The summed E-state index contributed by atoms with van der Waals surface area (Å²) in [6, 6.07) is 3.27. The molecule has 1 aromatic heterocycles. The fourth-order valence-corrected chi connectivity index (χ4v) is 2.19. The number of nitrogen functional groups attached to an aromatic ring is 1. The number of methoxy groups -OCH3 is 2. The molecule has 2 heterocycles. The lowest BCUT2D eigenvalue weighted by molar-refractivity contribution is -0.00461. The molecule has 2 rings (SSSR count). The number of nitrogens with zero attached hydrogens (tertiary/aromatic N) is 2. The Balaban J connectivity index is 2.12. The molecule has 1 amide bonds. The van der Waals surface area contributed by atoms with Crippen LogP contribution in [0.5, 0.6) is 0 Å². The van der Waals surface area contributed by atoms with Gasteiger partial charge in [0.15, 0.2) is 0 Å². The third-order valence-electron chi connectivity index (χ3n) is 3.26. The maximum absolute atomic E-state index is 12.4. The fraction of sp³-hybridized carbons (Fsp3) is 0.500. The highest BCUT2D eigenvalue weighted by Crippen LogP contribution is 2.19. The van der Waals surface area contributed by atoms with Crippen LogP contribution >= 0.6 is 0 Å². The largest absolute Gasteiger partial charge is 0.377 e. The molecule has 104 valence electrons. The van der Waals surface area contributed by atoms with Gasteiger partial charge in [-0.25, -0.2) is 10.8 Å². The summed E-state index contributed by atoms with van der Waals surface area (Å²) in [5, 5.41) is 0. The van der Waals surface area contributed by atoms with Gasteiger partial charge in [-0.2, -0.15) is 0 Å². The van der Waals surface area contributed by atoms with Gasteiger partial charge < -0.3 is 19.8 Å². The maximum Gasteiger partial charge on any atom is 0.254 e. The quantitative estimate of drug-likeness (QED) is 0.582. The van der Waals surface area contributed by atoms with E-state index in [2.05, 4.69) is 10.4 Å². The van der Waals surface area contributed by atoms with Crippen molar-refractivity contribution in [3.63, 3.8) is 0 Å². The molecular formula is C12H18N4O3. The summed E-state index contributed by atoms with van der Waals surface area (Å²) in [6.45, 7) is 1.03. The predicted octanol–water partition coefficient (Wildman–Crippen LogP) is -0.147. The molecule has 0 saturated carbocycles. The highest BCUT2D eigenvalue weighted by molar-refractivity contribution is 5.95. The Morgan fingerprint density at radius 2 is 2.05 bits per heavy atom. The first kappa shape index (κ1) is 13.7. The van der Waals surface area contributed by atoms with E-state index >= 15 is 0 Å². The van der Waals surface area contributed by atoms with Crippen molar-refractivity contribution in [2.24, 2.45) is 5.84 Å². The van der Waals surface area contributed by atoms with E-state index in [1.54, 1.807) is 37.4 Å². The van der Waals surface area contributed by atoms with Gasteiger partial charge in [-0.1, -0.05) is 0 Å². The molecule has 0 bridgehead atoms. The lowest BCUT2D eigenvalue weighted by Gasteiger charge is -2.16. The molecule has 7 nitrogen and oxygen atoms in total. The van der Waals surface area contributed by atoms with Crippen molar-refractivity contribution in [2.45, 2.75) is 12.2 Å². The Kier molecular flexibility index (Phi) is 4.31. The lowest BCUT2D eigenvalue weighted by Crippen LogP contribution is -2.30. The Morgan fingerprint density at radius 3 is 2.58 bits per heavy atom. The number of amides is 1. The number of hydrazine groups is 1. The van der Waals surface area contributed by atoms with Crippen molar-refractivity contribution in [2.75, 3.05) is 32.7 Å². The number of carbonyl (C=O) groups excluding carboxylic acids is 1. The van der Waals surface area contributed by atoms with Gasteiger partial charge in [0.25, 0.3) is 5.91 Å². The van der Waals surface area contributed by atoms with Crippen molar-refractivity contribution in [1.82, 2.24) is 9.88 Å². The zero-order valence-electron chi connectivity index (χ0n) is 11.0. The van der Waals surface area contributed by atoms with E-state index in [4.69, 9.17) is 15.3 Å². The number of nitrogens with one attached hydrogen (secondary N) is 1. The molecule has 0 radical (unpaired) electrons. The first-order valence-corrected chi connectivity index (χ1v) is 5.97. The van der Waals surface area contributed by atoms with Crippen LogP contribution in [0.4, 0.5) is 5.82 Å². The predicted molar refractivity (Wildman–Crippen MR) is 69.5 cm³/mol. The van der Waals surface area contributed by atoms with Gasteiger partial charge >= 0.3 is 0 Å². The minimum Gasteiger partial charge on any atom is -0.377 e. The summed E-state index contributed by atoms with van der Waals surface area (Å²) in [6.07, 6.45) is 1.35. The van der Waals surface area contributed by atoms with E-state index in [-0.39, 0.29) is 18.1 Å². The number of anilines is 1. The van der Waals surface area contributed by atoms with Gasteiger partial charge in [0.1, 0.15) is 18.0 Å². The summed E-state index contributed by atoms with van der Waals surface area (Å²) < 4.78 is 10.6. The van der Waals surface area contributed by atoms with Crippen LogP contribution in [-0.2, 0) is 9.47 Å². The third kappa shape index (κ3) is 2.83. The molecule has 19 heavy (non-hydrogen) atoms. The number of nitrogens with two attached hydrogens (primary N) is 1. The molecule has 2 atom stereocenters. The molecule has 0 aromatic carbocycles. The van der Waals surface area contributed by atoms with E-state index in [0.29, 0.717) is 24.5 Å². The van der Waals surface area contributed by atoms with Gasteiger partial charge in [-0.05, 0) is 12.1 Å². The monoisotopic (exact) mass is 266 g/mol. The lowest BCUT2D eigenvalue weighted by atomic mass is 10.2. The van der Waals surface area contributed by atoms with Crippen molar-refractivity contribution >= 4 is 11.7 Å². The van der Waals surface area contributed by atoms with Gasteiger partial charge in [0.05, 0.1) is 0 Å². The zero-order chi connectivity index (χ0) is 13.8. The second-order valence-electron chi connectivity index (χ2n) is 4.33. The average Bonchev–Trinajstić information content (AvgIpc) is 2.89. The fourth-order valence-electron chi connectivity index (χ4n) is 2.19. The molecule has 7 heteroatoms. The molecule has 1 fully saturated rings. The zero-order valence-corrected chi connectivity index (χ0v) is 11.0. The van der Waals surface area contributed by atoms with E-state index in [1.165, 1.54) is 0 Å². The molecular weight excluding hydrogens is 248 g/mol. The molecule has 2 unspecified atom stereocenters. The minimum absolute atomic E-state index is 0.0829. The first-order chi connectivity index (χ1) is 9.19. The number of likely N-dealkylation sites (tertiary alicyclic amines) is 1. The molecule has 0 spiro atoms. The number of aromatic nitrogens is 1. The van der Waals surface area contributed by atoms with E-state index < -0.39 is 0 Å². The normalized spacial score (nSPS) is 22.6. The molecule has 0 aliphatic carbocycles. The topological polar surface area (TPSA) is 89.7 Å². The van der Waals surface area contributed by atoms with Crippen molar-refractivity contribution in [3.05, 3.63) is 23.9 Å². The summed E-state index contributed by atoms with van der Waals surface area (Å²) in [5.74, 6) is 5.65. The Hall–Kier alpha value is -1.70. The van der Waals surface area contributed by atoms with Crippen LogP contribution in [-0.4, -0.2) is 55.3 Å². The van der Waals surface area contributed by atoms with Crippen LogP contribution in [0.2, 0.25) is 0 Å². The van der Waals surface area contributed by atoms with Gasteiger partial charge in [0, 0.05) is 39.1 Å². The van der Waals surface area contributed by atoms with Crippen LogP contribution in [0.1, 0.15) is 10.4 Å². The maximum atomic E-state index is 12.4. The number of ether oxygens (including phenoxy) is 2. The highest BCUT2D eigenvalue weighted by Gasteiger charge is 2.35. The van der Waals surface area contributed by atoms with Crippen molar-refractivity contribution < 1.29 is 14.3 Å². The molecule has 1 aliphatic heterocycles. The number of hydrogen-bond acceptors (Lipinski definition) is 6. The Labute approximate surface area is 111 Å². The van der Waals surface area contributed by atoms with Crippen LogP contribution in [0, 0.1) is 0 Å². The van der Waals surface area contributed by atoms with Gasteiger partial charge in [-0.15, -0.1) is 0 Å². The second kappa shape index (κ2) is 5.96. The van der Waals surface area contributed by atoms with Crippen molar-refractivity contribution in [1.29, 1.82) is 0 Å². The Morgan fingerprint density at radius 1 is 1.42 bits per heavy atom. The first-order valence-electron chi connectivity index (χ1n) is 5.97. The minimum atomic E-state index is -0.0945. The highest BCUT2D eigenvalue weighted by atomic mass is 16.5. The number of pyridine rings is 1. The third-order valence-corrected chi connectivity index (χ3v) is 3.26. The summed E-state index contributed by atoms with van der Waals surface area (Å²) in [4.78, 5) is 18.0. The van der Waals surface area contributed by atoms with Gasteiger partial charge in [0.2, 0.25) is 0 Å². The summed E-state index contributed by atoms with van der Waals surface area (Å²) in [7, 11) is 3.24. The van der Waals surface area contributed by atoms with Crippen molar-refractivity contribution in [3.8, 4) is 0 Å². The second-order valence-corrected chi connectivity index (χ2v) is 4.33. The SMILES string of the molecule is COC1CN(C(=O)c2ccnc(NN)c2)CC1OC. The van der Waals surface area contributed by atoms with E-state index in [0.717, 1.165) is 0 Å². The summed E-state index contributed by atoms with van der Waals surface area (Å²) in [5.41, 5.74) is 2.96. The Bertz CT molecular complexity index is 442. The van der Waals surface area contributed by atoms with Crippen LogP contribution in [0.3, 0.4) is 0 Å². The van der Waals surface area contributed by atoms with E-state index in [1.807, 2.05) is 0 Å². The molecule has 1 saturated heterocycles. The molecule has 1 aromatic rings. The molecule has 3 N–H and O–H groups in total. The number of rotatable bonds is 4. The van der Waals surface area contributed by atoms with Gasteiger partial charge in [-0.3, -0.25) is 4.79 Å². The van der Waals surface area contributed by atoms with E-state index in [9.17, 15) is 4.79 Å². The summed E-state index contributed by atoms with van der Waals surface area (Å²) >= 11 is 0. The number of hydrogen-bond donors (Lipinski definition) is 2.